The van der Waals surface area contributed by atoms with Crippen molar-refractivity contribution >= 4 is 0 Å². The molecule has 0 aromatic carbocycles. The fourth-order valence-electron chi connectivity index (χ4n) is 1.62. The number of rotatable bonds is 3. The van der Waals surface area contributed by atoms with Crippen LogP contribution in [0.2, 0.25) is 0 Å². The lowest BCUT2D eigenvalue weighted by atomic mass is 10.1. The van der Waals surface area contributed by atoms with E-state index < -0.39 is 0 Å². The van der Waals surface area contributed by atoms with Crippen LogP contribution >= 0.6 is 0 Å². The van der Waals surface area contributed by atoms with Crippen molar-refractivity contribution in [3.8, 4) is 0 Å². The van der Waals surface area contributed by atoms with Crippen molar-refractivity contribution in [2.45, 2.75) is 19.8 Å². The SMILES string of the molecule is Cc1cncc(CCc2ccn(C)n2)c1. The molecule has 2 aromatic rings. The quantitative estimate of drug-likeness (QED) is 0.759. The van der Waals surface area contributed by atoms with E-state index in [1.54, 1.807) is 0 Å². The molecule has 0 N–H and O–H groups in total. The highest BCUT2D eigenvalue weighted by atomic mass is 15.2. The zero-order chi connectivity index (χ0) is 10.7. The van der Waals surface area contributed by atoms with Gasteiger partial charge in [0.1, 0.15) is 0 Å². The predicted octanol–water partition coefficient (Wildman–Crippen LogP) is 1.91. The number of hydrogen-bond donors (Lipinski definition) is 0. The second kappa shape index (κ2) is 4.26. The van der Waals surface area contributed by atoms with Gasteiger partial charge in [0, 0.05) is 25.6 Å². The van der Waals surface area contributed by atoms with E-state index in [-0.39, 0.29) is 0 Å². The third kappa shape index (κ3) is 2.65. The third-order valence-electron chi connectivity index (χ3n) is 2.37. The number of aromatic nitrogens is 3. The first-order valence-corrected chi connectivity index (χ1v) is 5.13. The summed E-state index contributed by atoms with van der Waals surface area (Å²) in [5, 5.41) is 4.34. The van der Waals surface area contributed by atoms with Crippen LogP contribution in [0.5, 0.6) is 0 Å². The highest BCUT2D eigenvalue weighted by molar-refractivity contribution is 5.17. The fourth-order valence-corrected chi connectivity index (χ4v) is 1.62. The molecule has 0 aliphatic heterocycles. The number of aryl methyl sites for hydroxylation is 4. The molecular weight excluding hydrogens is 186 g/mol. The number of nitrogens with zero attached hydrogens (tertiary/aromatic N) is 3. The highest BCUT2D eigenvalue weighted by Crippen LogP contribution is 2.06. The van der Waals surface area contributed by atoms with Gasteiger partial charge in [-0.3, -0.25) is 9.67 Å². The molecule has 0 bridgehead atoms. The molecule has 3 nitrogen and oxygen atoms in total. The van der Waals surface area contributed by atoms with Crippen molar-refractivity contribution in [3.63, 3.8) is 0 Å². The van der Waals surface area contributed by atoms with Gasteiger partial charge in [-0.1, -0.05) is 6.07 Å². The minimum absolute atomic E-state index is 0.978. The Morgan fingerprint density at radius 2 is 2.13 bits per heavy atom. The first kappa shape index (κ1) is 9.90. The van der Waals surface area contributed by atoms with Gasteiger partial charge in [0.15, 0.2) is 0 Å². The molecule has 0 saturated heterocycles. The summed E-state index contributed by atoms with van der Waals surface area (Å²) >= 11 is 0. The average molecular weight is 201 g/mol. The molecule has 78 valence electrons. The molecule has 0 aliphatic rings. The van der Waals surface area contributed by atoms with E-state index >= 15 is 0 Å². The van der Waals surface area contributed by atoms with Crippen LogP contribution in [-0.4, -0.2) is 14.8 Å². The van der Waals surface area contributed by atoms with Crippen molar-refractivity contribution in [1.82, 2.24) is 14.8 Å². The van der Waals surface area contributed by atoms with Crippen LogP contribution in [0.1, 0.15) is 16.8 Å². The van der Waals surface area contributed by atoms with Gasteiger partial charge in [0.2, 0.25) is 0 Å². The smallest absolute Gasteiger partial charge is 0.0627 e. The maximum Gasteiger partial charge on any atom is 0.0627 e. The summed E-state index contributed by atoms with van der Waals surface area (Å²) in [6.45, 7) is 2.07. The van der Waals surface area contributed by atoms with E-state index in [1.165, 1.54) is 11.1 Å². The predicted molar refractivity (Wildman–Crippen MR) is 59.6 cm³/mol. The topological polar surface area (TPSA) is 30.7 Å². The van der Waals surface area contributed by atoms with Gasteiger partial charge in [-0.25, -0.2) is 0 Å². The van der Waals surface area contributed by atoms with E-state index in [0.717, 1.165) is 18.5 Å². The minimum atomic E-state index is 0.978. The summed E-state index contributed by atoms with van der Waals surface area (Å²) in [6, 6.07) is 4.24. The molecule has 2 rings (SSSR count). The maximum absolute atomic E-state index is 4.34. The van der Waals surface area contributed by atoms with Gasteiger partial charge in [0.05, 0.1) is 5.69 Å². The van der Waals surface area contributed by atoms with E-state index in [1.807, 2.05) is 30.3 Å². The summed E-state index contributed by atoms with van der Waals surface area (Å²) in [5.41, 5.74) is 3.63. The molecule has 0 amide bonds. The summed E-state index contributed by atoms with van der Waals surface area (Å²) in [7, 11) is 1.94. The summed E-state index contributed by atoms with van der Waals surface area (Å²) in [4.78, 5) is 4.18. The Morgan fingerprint density at radius 1 is 1.27 bits per heavy atom. The molecule has 15 heavy (non-hydrogen) atoms. The molecule has 0 aliphatic carbocycles. The lowest BCUT2D eigenvalue weighted by Gasteiger charge is -1.99. The molecule has 0 fully saturated rings. The van der Waals surface area contributed by atoms with Crippen LogP contribution in [0.25, 0.3) is 0 Å². The Labute approximate surface area is 89.8 Å². The first-order valence-electron chi connectivity index (χ1n) is 5.13. The van der Waals surface area contributed by atoms with E-state index in [2.05, 4.69) is 29.1 Å². The zero-order valence-corrected chi connectivity index (χ0v) is 9.14. The second-order valence-electron chi connectivity index (χ2n) is 3.85. The van der Waals surface area contributed by atoms with Crippen molar-refractivity contribution < 1.29 is 0 Å². The summed E-state index contributed by atoms with van der Waals surface area (Å²) in [6.07, 6.45) is 7.77. The van der Waals surface area contributed by atoms with E-state index in [0.29, 0.717) is 0 Å². The minimum Gasteiger partial charge on any atom is -0.276 e. The Hall–Kier alpha value is -1.64. The summed E-state index contributed by atoms with van der Waals surface area (Å²) in [5.74, 6) is 0. The van der Waals surface area contributed by atoms with Crippen LogP contribution in [-0.2, 0) is 19.9 Å². The fraction of sp³-hybridized carbons (Fsp3) is 0.333. The Bertz CT molecular complexity index is 446. The van der Waals surface area contributed by atoms with E-state index in [4.69, 9.17) is 0 Å². The second-order valence-corrected chi connectivity index (χ2v) is 3.85. The van der Waals surface area contributed by atoms with Gasteiger partial charge >= 0.3 is 0 Å². The normalized spacial score (nSPS) is 10.5. The Kier molecular flexibility index (Phi) is 2.81. The molecule has 0 radical (unpaired) electrons. The number of hydrogen-bond acceptors (Lipinski definition) is 2. The van der Waals surface area contributed by atoms with Crippen molar-refractivity contribution in [2.75, 3.05) is 0 Å². The van der Waals surface area contributed by atoms with Gasteiger partial charge in [-0.2, -0.15) is 5.10 Å². The van der Waals surface area contributed by atoms with Crippen molar-refractivity contribution in [1.29, 1.82) is 0 Å². The average Bonchev–Trinajstić information content (AvgIpc) is 2.62. The Balaban J connectivity index is 1.99. The third-order valence-corrected chi connectivity index (χ3v) is 2.37. The van der Waals surface area contributed by atoms with Crippen molar-refractivity contribution in [2.24, 2.45) is 7.05 Å². The maximum atomic E-state index is 4.34. The van der Waals surface area contributed by atoms with Crippen LogP contribution in [0, 0.1) is 6.92 Å². The molecule has 2 heterocycles. The lowest BCUT2D eigenvalue weighted by Crippen LogP contribution is -1.95. The van der Waals surface area contributed by atoms with Crippen LogP contribution in [0.3, 0.4) is 0 Å². The van der Waals surface area contributed by atoms with Gasteiger partial charge in [-0.15, -0.1) is 0 Å². The van der Waals surface area contributed by atoms with Crippen LogP contribution in [0.4, 0.5) is 0 Å². The molecule has 2 aromatic heterocycles. The van der Waals surface area contributed by atoms with Crippen LogP contribution in [0.15, 0.2) is 30.7 Å². The largest absolute Gasteiger partial charge is 0.276 e. The molecule has 0 atom stereocenters. The monoisotopic (exact) mass is 201 g/mol. The van der Waals surface area contributed by atoms with Crippen molar-refractivity contribution in [3.05, 3.63) is 47.5 Å². The van der Waals surface area contributed by atoms with E-state index in [9.17, 15) is 0 Å². The van der Waals surface area contributed by atoms with Gasteiger partial charge in [0.25, 0.3) is 0 Å². The number of pyridine rings is 1. The first-order chi connectivity index (χ1) is 7.24. The molecule has 0 saturated carbocycles. The molecular formula is C12H15N3. The van der Waals surface area contributed by atoms with Gasteiger partial charge in [-0.05, 0) is 37.0 Å². The lowest BCUT2D eigenvalue weighted by molar-refractivity contribution is 0.736. The molecule has 3 heteroatoms. The Morgan fingerprint density at radius 3 is 2.80 bits per heavy atom. The van der Waals surface area contributed by atoms with Crippen LogP contribution < -0.4 is 0 Å². The highest BCUT2D eigenvalue weighted by Gasteiger charge is 1.99. The summed E-state index contributed by atoms with van der Waals surface area (Å²) < 4.78 is 1.84. The molecule has 0 unspecified atom stereocenters. The standard InChI is InChI=1S/C12H15N3/c1-10-7-11(9-13-8-10)3-4-12-5-6-15(2)14-12/h5-9H,3-4H2,1-2H3. The molecule has 0 spiro atoms. The van der Waals surface area contributed by atoms with Gasteiger partial charge < -0.3 is 0 Å². The zero-order valence-electron chi connectivity index (χ0n) is 9.14.